The third-order valence-electron chi connectivity index (χ3n) is 4.26. The number of rotatable bonds is 6. The zero-order valence-corrected chi connectivity index (χ0v) is 17.5. The van der Waals surface area contributed by atoms with E-state index in [1.165, 1.54) is 25.6 Å². The average Bonchev–Trinajstić information content (AvgIpc) is 3.19. The van der Waals surface area contributed by atoms with Gasteiger partial charge < -0.3 is 24.2 Å². The van der Waals surface area contributed by atoms with Gasteiger partial charge >= 0.3 is 6.03 Å². The highest BCUT2D eigenvalue weighted by Gasteiger charge is 2.14. The highest BCUT2D eigenvalue weighted by molar-refractivity contribution is 6.34. The zero-order valence-electron chi connectivity index (χ0n) is 16.7. The number of carbonyl (C=O) groups is 1. The molecule has 3 N–H and O–H groups in total. The van der Waals surface area contributed by atoms with Crippen molar-refractivity contribution in [3.05, 3.63) is 53.5 Å². The van der Waals surface area contributed by atoms with Crippen LogP contribution in [0.3, 0.4) is 0 Å². The maximum atomic E-state index is 12.1. The van der Waals surface area contributed by atoms with Gasteiger partial charge in [0, 0.05) is 18.2 Å². The lowest BCUT2D eigenvalue weighted by Crippen LogP contribution is -2.19. The molecule has 2 aromatic heterocycles. The van der Waals surface area contributed by atoms with Gasteiger partial charge in [0.25, 0.3) is 0 Å². The summed E-state index contributed by atoms with van der Waals surface area (Å²) in [6.07, 6.45) is 1.30. The van der Waals surface area contributed by atoms with Gasteiger partial charge in [-0.3, -0.25) is 5.32 Å². The average molecular weight is 458 g/mol. The quantitative estimate of drug-likeness (QED) is 0.273. The van der Waals surface area contributed by atoms with Gasteiger partial charge in [0.05, 0.1) is 28.7 Å². The third-order valence-corrected chi connectivity index (χ3v) is 4.57. The third kappa shape index (κ3) is 4.48. The van der Waals surface area contributed by atoms with E-state index >= 15 is 0 Å². The Morgan fingerprint density at radius 3 is 2.66 bits per heavy atom. The van der Waals surface area contributed by atoms with Gasteiger partial charge in [-0.2, -0.15) is 0 Å². The summed E-state index contributed by atoms with van der Waals surface area (Å²) in [6, 6.07) is 8.80. The summed E-state index contributed by atoms with van der Waals surface area (Å²) in [5.41, 5.74) is 0.819. The maximum absolute atomic E-state index is 12.1. The minimum Gasteiger partial charge on any atom is -0.493 e. The highest BCUT2D eigenvalue weighted by atomic mass is 35.5. The molecule has 2 amide bonds. The van der Waals surface area contributed by atoms with Gasteiger partial charge in [0.2, 0.25) is 11.6 Å². The molecule has 0 spiro atoms. The van der Waals surface area contributed by atoms with Crippen molar-refractivity contribution in [3.63, 3.8) is 0 Å². The Hall–Kier alpha value is -4.09. The number of nitrogens with one attached hydrogen (secondary N) is 2. The number of carbonyl (C=O) groups excluding carboxylic acids is 1. The lowest BCUT2D eigenvalue weighted by Gasteiger charge is -2.12. The van der Waals surface area contributed by atoms with E-state index in [1.54, 1.807) is 31.2 Å². The molecule has 164 valence electrons. The largest absolute Gasteiger partial charge is 0.493 e. The molecule has 11 nitrogen and oxygen atoms in total. The lowest BCUT2D eigenvalue weighted by atomic mass is 10.2. The molecule has 0 bridgehead atoms. The fourth-order valence-electron chi connectivity index (χ4n) is 2.82. The number of hydrogen-bond donors (Lipinski definition) is 3. The van der Waals surface area contributed by atoms with Crippen LogP contribution >= 0.6 is 11.6 Å². The van der Waals surface area contributed by atoms with E-state index < -0.39 is 6.03 Å². The Kier molecular flexibility index (Phi) is 5.92. The number of amides is 2. The summed E-state index contributed by atoms with van der Waals surface area (Å²) in [6.45, 7) is 1.71. The molecule has 0 saturated heterocycles. The first-order valence-corrected chi connectivity index (χ1v) is 9.47. The SMILES string of the molecule is COc1cc2c(Oc3ccc(NC(=O)Nc4cc(C)on4)c(Cl)c3)ncnc2cc1OO. The van der Waals surface area contributed by atoms with Gasteiger partial charge in [0.1, 0.15) is 17.8 Å². The summed E-state index contributed by atoms with van der Waals surface area (Å²) in [7, 11) is 1.43. The molecule has 4 aromatic rings. The number of fused-ring (bicyclic) bond motifs is 1. The van der Waals surface area contributed by atoms with Crippen molar-refractivity contribution in [3.8, 4) is 23.1 Å². The molecule has 0 aliphatic rings. The standard InChI is InChI=1S/C20H16ClN5O6/c1-10-5-18(26-31-10)25-20(27)24-14-4-3-11(6-13(14)21)30-19-12-7-16(29-2)17(32-28)8-15(12)22-9-23-19/h3-9,28H,1-2H3,(H2,24,25,26,27). The van der Waals surface area contributed by atoms with Crippen LogP contribution < -0.4 is 25.0 Å². The van der Waals surface area contributed by atoms with Crippen molar-refractivity contribution in [2.24, 2.45) is 0 Å². The second kappa shape index (κ2) is 8.96. The smallest absolute Gasteiger partial charge is 0.324 e. The van der Waals surface area contributed by atoms with E-state index in [4.69, 9.17) is 30.9 Å². The van der Waals surface area contributed by atoms with Crippen molar-refractivity contribution in [2.75, 3.05) is 17.7 Å². The van der Waals surface area contributed by atoms with Gasteiger partial charge in [-0.05, 0) is 25.1 Å². The van der Waals surface area contributed by atoms with Crippen LogP contribution in [0.5, 0.6) is 23.1 Å². The zero-order chi connectivity index (χ0) is 22.7. The summed E-state index contributed by atoms with van der Waals surface area (Å²) in [5, 5.41) is 18.6. The maximum Gasteiger partial charge on any atom is 0.324 e. The molecule has 0 radical (unpaired) electrons. The van der Waals surface area contributed by atoms with Crippen molar-refractivity contribution in [1.29, 1.82) is 0 Å². The Labute approximate surface area is 185 Å². The van der Waals surface area contributed by atoms with E-state index in [-0.39, 0.29) is 28.2 Å². The molecular formula is C20H16ClN5O6. The number of nitrogens with zero attached hydrogens (tertiary/aromatic N) is 3. The molecule has 0 aliphatic carbocycles. The number of hydrogen-bond acceptors (Lipinski definition) is 9. The van der Waals surface area contributed by atoms with Crippen LogP contribution in [-0.2, 0) is 0 Å². The number of methoxy groups -OCH3 is 1. The molecule has 4 rings (SSSR count). The van der Waals surface area contributed by atoms with Crippen molar-refractivity contribution >= 4 is 40.0 Å². The predicted octanol–water partition coefficient (Wildman–Crippen LogP) is 4.88. The summed E-state index contributed by atoms with van der Waals surface area (Å²) in [4.78, 5) is 24.7. The normalized spacial score (nSPS) is 10.6. The Morgan fingerprint density at radius 1 is 1.12 bits per heavy atom. The Morgan fingerprint density at radius 2 is 1.97 bits per heavy atom. The van der Waals surface area contributed by atoms with E-state index in [0.29, 0.717) is 28.1 Å². The Balaban J connectivity index is 1.53. The summed E-state index contributed by atoms with van der Waals surface area (Å²) in [5.74, 6) is 1.81. The lowest BCUT2D eigenvalue weighted by molar-refractivity contribution is -0.138. The van der Waals surface area contributed by atoms with Gasteiger partial charge in [-0.15, -0.1) is 0 Å². The molecule has 2 aromatic carbocycles. The number of ether oxygens (including phenoxy) is 2. The summed E-state index contributed by atoms with van der Waals surface area (Å²) < 4.78 is 15.9. The molecular weight excluding hydrogens is 442 g/mol. The van der Waals surface area contributed by atoms with E-state index in [9.17, 15) is 4.79 Å². The molecule has 0 saturated carbocycles. The van der Waals surface area contributed by atoms with Crippen LogP contribution in [-0.4, -0.2) is 33.5 Å². The molecule has 0 unspecified atom stereocenters. The Bertz CT molecular complexity index is 1290. The van der Waals surface area contributed by atoms with Crippen LogP contribution in [0.2, 0.25) is 5.02 Å². The molecule has 2 heterocycles. The van der Waals surface area contributed by atoms with Crippen LogP contribution in [0.4, 0.5) is 16.3 Å². The van der Waals surface area contributed by atoms with Crippen molar-refractivity contribution < 1.29 is 28.9 Å². The van der Waals surface area contributed by atoms with Crippen LogP contribution in [0, 0.1) is 6.92 Å². The molecule has 0 aliphatic heterocycles. The number of anilines is 2. The predicted molar refractivity (Wildman–Crippen MR) is 115 cm³/mol. The molecule has 12 heteroatoms. The van der Waals surface area contributed by atoms with Gasteiger partial charge in [-0.1, -0.05) is 16.8 Å². The monoisotopic (exact) mass is 457 g/mol. The fourth-order valence-corrected chi connectivity index (χ4v) is 3.04. The second-order valence-corrected chi connectivity index (χ2v) is 6.84. The number of halogens is 1. The number of benzene rings is 2. The first-order chi connectivity index (χ1) is 15.5. The second-order valence-electron chi connectivity index (χ2n) is 6.44. The van der Waals surface area contributed by atoms with Crippen molar-refractivity contribution in [2.45, 2.75) is 6.92 Å². The van der Waals surface area contributed by atoms with E-state index in [0.717, 1.165) is 0 Å². The highest BCUT2D eigenvalue weighted by Crippen LogP contribution is 2.36. The minimum absolute atomic E-state index is 0.0992. The van der Waals surface area contributed by atoms with Gasteiger partial charge in [-0.25, -0.2) is 20.0 Å². The fraction of sp³-hybridized carbons (Fsp3) is 0.100. The van der Waals surface area contributed by atoms with Crippen LogP contribution in [0.25, 0.3) is 10.9 Å². The first-order valence-electron chi connectivity index (χ1n) is 9.09. The molecule has 0 atom stereocenters. The molecule has 32 heavy (non-hydrogen) atoms. The number of aryl methyl sites for hydroxylation is 1. The molecule has 0 fully saturated rings. The van der Waals surface area contributed by atoms with Gasteiger partial charge in [0.15, 0.2) is 11.6 Å². The number of aromatic nitrogens is 3. The van der Waals surface area contributed by atoms with E-state index in [2.05, 4.69) is 30.6 Å². The number of urea groups is 1. The first kappa shape index (κ1) is 21.2. The van der Waals surface area contributed by atoms with Crippen LogP contribution in [0.15, 0.2) is 47.2 Å². The summed E-state index contributed by atoms with van der Waals surface area (Å²) >= 11 is 6.30. The van der Waals surface area contributed by atoms with Crippen molar-refractivity contribution in [1.82, 2.24) is 15.1 Å². The van der Waals surface area contributed by atoms with E-state index in [1.807, 2.05) is 0 Å². The minimum atomic E-state index is -0.537. The topological polar surface area (TPSA) is 141 Å². The van der Waals surface area contributed by atoms with Crippen LogP contribution in [0.1, 0.15) is 5.76 Å².